The van der Waals surface area contributed by atoms with Crippen molar-refractivity contribution in [3.8, 4) is 5.75 Å². The predicted molar refractivity (Wildman–Crippen MR) is 121 cm³/mol. The summed E-state index contributed by atoms with van der Waals surface area (Å²) in [6.07, 6.45) is 1.86. The molecule has 5 nitrogen and oxygen atoms in total. The molecular formula is C21H18BrNO4S2. The lowest BCUT2D eigenvalue weighted by atomic mass is 10.1. The van der Waals surface area contributed by atoms with Crippen molar-refractivity contribution in [3.05, 3.63) is 69.0 Å². The van der Waals surface area contributed by atoms with Gasteiger partial charge >= 0.3 is 5.97 Å². The predicted octanol–water partition coefficient (Wildman–Crippen LogP) is 4.79. The molecule has 150 valence electrons. The van der Waals surface area contributed by atoms with Gasteiger partial charge in [0, 0.05) is 16.6 Å². The van der Waals surface area contributed by atoms with Gasteiger partial charge in [0.2, 0.25) is 0 Å². The van der Waals surface area contributed by atoms with E-state index in [1.165, 1.54) is 23.8 Å². The summed E-state index contributed by atoms with van der Waals surface area (Å²) in [5.74, 6) is 0.0568. The molecule has 0 N–H and O–H groups in total. The molecule has 8 heteroatoms. The average molecular weight is 492 g/mol. The second-order valence-corrected chi connectivity index (χ2v) is 8.71. The number of hydrogen-bond acceptors (Lipinski definition) is 6. The molecule has 0 atom stereocenters. The van der Waals surface area contributed by atoms with Crippen molar-refractivity contribution in [1.29, 1.82) is 0 Å². The number of ether oxygens (including phenoxy) is 2. The maximum Gasteiger partial charge on any atom is 0.307 e. The van der Waals surface area contributed by atoms with Crippen LogP contribution in [0.25, 0.3) is 6.08 Å². The highest BCUT2D eigenvalue weighted by Gasteiger charge is 2.32. The highest BCUT2D eigenvalue weighted by molar-refractivity contribution is 9.10. The normalized spacial score (nSPS) is 15.1. The van der Waals surface area contributed by atoms with E-state index in [1.807, 2.05) is 48.5 Å². The van der Waals surface area contributed by atoms with Gasteiger partial charge in [-0.25, -0.2) is 0 Å². The van der Waals surface area contributed by atoms with Crippen LogP contribution in [0.15, 0.2) is 57.9 Å². The number of halogens is 1. The summed E-state index contributed by atoms with van der Waals surface area (Å²) >= 11 is 9.98. The topological polar surface area (TPSA) is 55.8 Å². The molecule has 1 amide bonds. The Morgan fingerprint density at radius 1 is 1.24 bits per heavy atom. The van der Waals surface area contributed by atoms with E-state index in [0.717, 1.165) is 15.6 Å². The highest BCUT2D eigenvalue weighted by Crippen LogP contribution is 2.35. The van der Waals surface area contributed by atoms with Gasteiger partial charge in [-0.2, -0.15) is 0 Å². The first-order chi connectivity index (χ1) is 14.0. The van der Waals surface area contributed by atoms with E-state index in [0.29, 0.717) is 21.6 Å². The Morgan fingerprint density at radius 3 is 2.72 bits per heavy atom. The van der Waals surface area contributed by atoms with Crippen molar-refractivity contribution in [1.82, 2.24) is 4.90 Å². The number of esters is 1. The van der Waals surface area contributed by atoms with Crippen LogP contribution in [0.4, 0.5) is 0 Å². The molecule has 1 saturated heterocycles. The Morgan fingerprint density at radius 2 is 2.00 bits per heavy atom. The number of benzene rings is 2. The van der Waals surface area contributed by atoms with Crippen LogP contribution in [0.3, 0.4) is 0 Å². The maximum atomic E-state index is 12.7. The Kier molecular flexibility index (Phi) is 7.46. The molecule has 29 heavy (non-hydrogen) atoms. The van der Waals surface area contributed by atoms with E-state index in [9.17, 15) is 9.59 Å². The molecule has 0 radical (unpaired) electrons. The van der Waals surface area contributed by atoms with Crippen LogP contribution in [0.5, 0.6) is 5.75 Å². The maximum absolute atomic E-state index is 12.7. The zero-order chi connectivity index (χ0) is 20.8. The molecule has 2 aromatic rings. The van der Waals surface area contributed by atoms with Gasteiger partial charge in [-0.3, -0.25) is 14.5 Å². The minimum Gasteiger partial charge on any atom is -0.488 e. The van der Waals surface area contributed by atoms with E-state index >= 15 is 0 Å². The lowest BCUT2D eigenvalue weighted by Crippen LogP contribution is -2.30. The number of carbonyl (C=O) groups is 2. The molecule has 0 aliphatic carbocycles. The second-order valence-electron chi connectivity index (χ2n) is 6.12. The lowest BCUT2D eigenvalue weighted by molar-refractivity contribution is -0.140. The van der Waals surface area contributed by atoms with Crippen molar-refractivity contribution in [2.45, 2.75) is 13.0 Å². The van der Waals surface area contributed by atoms with E-state index < -0.39 is 0 Å². The van der Waals surface area contributed by atoms with Gasteiger partial charge < -0.3 is 9.47 Å². The molecule has 1 fully saturated rings. The Bertz CT molecular complexity index is 962. The Hall–Kier alpha value is -2.16. The van der Waals surface area contributed by atoms with Crippen LogP contribution in [0, 0.1) is 0 Å². The quantitative estimate of drug-likeness (QED) is 0.315. The number of methoxy groups -OCH3 is 1. The number of nitrogens with zero attached hydrogens (tertiary/aromatic N) is 1. The molecule has 0 bridgehead atoms. The van der Waals surface area contributed by atoms with Gasteiger partial charge in [0.1, 0.15) is 16.7 Å². The van der Waals surface area contributed by atoms with Gasteiger partial charge in [0.15, 0.2) is 0 Å². The van der Waals surface area contributed by atoms with Crippen molar-refractivity contribution in [2.75, 3.05) is 13.7 Å². The Balaban J connectivity index is 1.78. The van der Waals surface area contributed by atoms with Gasteiger partial charge in [0.05, 0.1) is 18.4 Å². The van der Waals surface area contributed by atoms with Crippen LogP contribution in [-0.4, -0.2) is 34.8 Å². The zero-order valence-corrected chi connectivity index (χ0v) is 18.8. The number of carbonyl (C=O) groups excluding carboxylic acids is 2. The van der Waals surface area contributed by atoms with E-state index in [2.05, 4.69) is 20.7 Å². The molecule has 1 aliphatic rings. The first-order valence-corrected chi connectivity index (χ1v) is 10.8. The van der Waals surface area contributed by atoms with Crippen LogP contribution in [0.2, 0.25) is 0 Å². The summed E-state index contributed by atoms with van der Waals surface area (Å²) in [7, 11) is 1.32. The van der Waals surface area contributed by atoms with Crippen molar-refractivity contribution in [2.24, 2.45) is 0 Å². The van der Waals surface area contributed by atoms with E-state index in [-0.39, 0.29) is 24.8 Å². The Labute approximate surface area is 187 Å². The molecule has 0 unspecified atom stereocenters. The average Bonchev–Trinajstić information content (AvgIpc) is 2.99. The second kappa shape index (κ2) is 10.0. The first kappa shape index (κ1) is 21.5. The summed E-state index contributed by atoms with van der Waals surface area (Å²) < 4.78 is 11.9. The smallest absolute Gasteiger partial charge is 0.307 e. The first-order valence-electron chi connectivity index (χ1n) is 8.76. The van der Waals surface area contributed by atoms with Crippen LogP contribution >= 0.6 is 39.9 Å². The minimum atomic E-state index is -0.383. The largest absolute Gasteiger partial charge is 0.488 e. The van der Waals surface area contributed by atoms with E-state index in [4.69, 9.17) is 17.0 Å². The van der Waals surface area contributed by atoms with Crippen molar-refractivity contribution >= 4 is 62.2 Å². The number of amides is 1. The standard InChI is InChI=1S/C21H18BrNO4S2/c1-26-19(24)9-10-23-20(25)18(29-21(23)28)12-15-11-16(22)7-8-17(15)27-13-14-5-3-2-4-6-14/h2-8,11-12H,9-10,13H2,1H3/b18-12-. The summed E-state index contributed by atoms with van der Waals surface area (Å²) in [4.78, 5) is 26.0. The molecule has 1 aliphatic heterocycles. The summed E-state index contributed by atoms with van der Waals surface area (Å²) in [6.45, 7) is 0.619. The number of hydrogen-bond donors (Lipinski definition) is 0. The fourth-order valence-electron chi connectivity index (χ4n) is 2.64. The molecule has 0 saturated carbocycles. The molecule has 0 aromatic heterocycles. The van der Waals surface area contributed by atoms with Crippen LogP contribution < -0.4 is 4.74 Å². The fraction of sp³-hybridized carbons (Fsp3) is 0.190. The fourth-order valence-corrected chi connectivity index (χ4v) is 4.32. The van der Waals surface area contributed by atoms with Gasteiger partial charge in [0.25, 0.3) is 5.91 Å². The van der Waals surface area contributed by atoms with Crippen molar-refractivity contribution < 1.29 is 19.1 Å². The van der Waals surface area contributed by atoms with Gasteiger partial charge in [-0.1, -0.05) is 70.2 Å². The van der Waals surface area contributed by atoms with Gasteiger partial charge in [-0.05, 0) is 29.8 Å². The van der Waals surface area contributed by atoms with E-state index in [1.54, 1.807) is 6.08 Å². The SMILES string of the molecule is COC(=O)CCN1C(=O)/C(=C/c2cc(Br)ccc2OCc2ccccc2)SC1=S. The van der Waals surface area contributed by atoms with Crippen LogP contribution in [0.1, 0.15) is 17.5 Å². The lowest BCUT2D eigenvalue weighted by Gasteiger charge is -2.13. The number of thiocarbonyl (C=S) groups is 1. The number of rotatable bonds is 7. The molecule has 0 spiro atoms. The monoisotopic (exact) mass is 491 g/mol. The zero-order valence-electron chi connectivity index (χ0n) is 15.6. The molecule has 1 heterocycles. The van der Waals surface area contributed by atoms with Crippen molar-refractivity contribution in [3.63, 3.8) is 0 Å². The summed E-state index contributed by atoms with van der Waals surface area (Å²) in [5, 5.41) is 0. The molecular weight excluding hydrogens is 474 g/mol. The highest BCUT2D eigenvalue weighted by atomic mass is 79.9. The third-order valence-corrected chi connectivity index (χ3v) is 6.01. The number of thioether (sulfide) groups is 1. The summed E-state index contributed by atoms with van der Waals surface area (Å²) in [6, 6.07) is 15.5. The van der Waals surface area contributed by atoms with Gasteiger partial charge in [-0.15, -0.1) is 0 Å². The third kappa shape index (κ3) is 5.68. The molecule has 2 aromatic carbocycles. The molecule has 3 rings (SSSR count). The third-order valence-electron chi connectivity index (χ3n) is 4.14. The van der Waals surface area contributed by atoms with Crippen LogP contribution in [-0.2, 0) is 20.9 Å². The summed E-state index contributed by atoms with van der Waals surface area (Å²) in [5.41, 5.74) is 1.82. The minimum absolute atomic E-state index is 0.0958.